The van der Waals surface area contributed by atoms with E-state index in [0.717, 1.165) is 17.7 Å². The maximum atomic E-state index is 12.8. The van der Waals surface area contributed by atoms with Gasteiger partial charge in [-0.05, 0) is 18.2 Å². The van der Waals surface area contributed by atoms with Crippen LogP contribution in [0.5, 0.6) is 5.75 Å². The second kappa shape index (κ2) is 8.76. The van der Waals surface area contributed by atoms with Crippen LogP contribution in [0.3, 0.4) is 0 Å². The lowest BCUT2D eigenvalue weighted by atomic mass is 10.1. The van der Waals surface area contributed by atoms with Crippen molar-refractivity contribution in [3.63, 3.8) is 0 Å². The minimum absolute atomic E-state index is 0.0422. The molecule has 0 radical (unpaired) electrons. The zero-order chi connectivity index (χ0) is 20.9. The van der Waals surface area contributed by atoms with Crippen molar-refractivity contribution >= 4 is 5.91 Å². The number of aryl methyl sites for hydroxylation is 1. The van der Waals surface area contributed by atoms with Gasteiger partial charge >= 0.3 is 6.18 Å². The van der Waals surface area contributed by atoms with Gasteiger partial charge in [-0.3, -0.25) is 4.79 Å². The Kier molecular flexibility index (Phi) is 6.16. The van der Waals surface area contributed by atoms with Crippen LogP contribution < -0.4 is 10.1 Å². The molecule has 0 spiro atoms. The highest BCUT2D eigenvalue weighted by Gasteiger charge is 2.30. The maximum absolute atomic E-state index is 12.8. The summed E-state index contributed by atoms with van der Waals surface area (Å²) >= 11 is 0. The molecular weight excluding hydrogens is 387 g/mol. The summed E-state index contributed by atoms with van der Waals surface area (Å²) in [5, 5.41) is 6.47. The monoisotopic (exact) mass is 405 g/mol. The molecule has 0 aliphatic rings. The molecule has 0 saturated heterocycles. The van der Waals surface area contributed by atoms with Crippen molar-refractivity contribution in [2.75, 3.05) is 7.11 Å². The molecule has 9 heteroatoms. The number of para-hydroxylation sites is 1. The molecule has 6 nitrogen and oxygen atoms in total. The third-order valence-corrected chi connectivity index (χ3v) is 4.15. The smallest absolute Gasteiger partial charge is 0.416 e. The number of halogens is 3. The zero-order valence-corrected chi connectivity index (χ0v) is 15.5. The Balaban J connectivity index is 1.56. The molecule has 0 fully saturated rings. The number of alkyl halides is 3. The molecule has 1 aromatic heterocycles. The number of rotatable bonds is 7. The Morgan fingerprint density at radius 3 is 2.72 bits per heavy atom. The summed E-state index contributed by atoms with van der Waals surface area (Å²) in [5.74, 6) is 0.663. The number of methoxy groups -OCH3 is 1. The van der Waals surface area contributed by atoms with Crippen LogP contribution in [-0.4, -0.2) is 23.2 Å². The Hall–Kier alpha value is -3.36. The molecule has 152 valence electrons. The summed E-state index contributed by atoms with van der Waals surface area (Å²) in [7, 11) is 1.55. The molecule has 29 heavy (non-hydrogen) atoms. The molecule has 0 aliphatic carbocycles. The molecule has 2 aromatic carbocycles. The van der Waals surface area contributed by atoms with E-state index < -0.39 is 11.7 Å². The first-order valence-corrected chi connectivity index (χ1v) is 8.75. The van der Waals surface area contributed by atoms with E-state index in [1.165, 1.54) is 12.1 Å². The molecule has 0 unspecified atom stereocenters. The highest BCUT2D eigenvalue weighted by atomic mass is 19.4. The van der Waals surface area contributed by atoms with Gasteiger partial charge in [0.25, 0.3) is 0 Å². The molecule has 3 aromatic rings. The van der Waals surface area contributed by atoms with Crippen molar-refractivity contribution in [1.29, 1.82) is 0 Å². The fourth-order valence-corrected chi connectivity index (χ4v) is 2.66. The van der Waals surface area contributed by atoms with Gasteiger partial charge in [-0.25, -0.2) is 0 Å². The van der Waals surface area contributed by atoms with E-state index in [1.807, 2.05) is 18.2 Å². The van der Waals surface area contributed by atoms with Gasteiger partial charge in [0, 0.05) is 30.5 Å². The van der Waals surface area contributed by atoms with Crippen LogP contribution in [0.2, 0.25) is 0 Å². The third kappa shape index (κ3) is 5.34. The second-order valence-corrected chi connectivity index (χ2v) is 6.18. The van der Waals surface area contributed by atoms with Crippen LogP contribution in [0.1, 0.15) is 23.4 Å². The lowest BCUT2D eigenvalue weighted by Gasteiger charge is -2.09. The van der Waals surface area contributed by atoms with Gasteiger partial charge in [-0.1, -0.05) is 35.5 Å². The van der Waals surface area contributed by atoms with Crippen molar-refractivity contribution in [2.45, 2.75) is 25.6 Å². The Bertz CT molecular complexity index is 986. The van der Waals surface area contributed by atoms with Crippen LogP contribution in [0.15, 0.2) is 53.1 Å². The molecule has 0 saturated carbocycles. The van der Waals surface area contributed by atoms with Crippen molar-refractivity contribution in [3.8, 4) is 17.1 Å². The first-order chi connectivity index (χ1) is 13.9. The number of carbonyl (C=O) groups is 1. The first-order valence-electron chi connectivity index (χ1n) is 8.75. The second-order valence-electron chi connectivity index (χ2n) is 6.18. The molecule has 1 amide bonds. The van der Waals surface area contributed by atoms with Crippen LogP contribution >= 0.6 is 0 Å². The average molecular weight is 405 g/mol. The van der Waals surface area contributed by atoms with E-state index >= 15 is 0 Å². The highest BCUT2D eigenvalue weighted by molar-refractivity contribution is 5.76. The van der Waals surface area contributed by atoms with Gasteiger partial charge < -0.3 is 14.6 Å². The summed E-state index contributed by atoms with van der Waals surface area (Å²) in [6.07, 6.45) is -4.19. The van der Waals surface area contributed by atoms with Crippen LogP contribution in [0.4, 0.5) is 13.2 Å². The minimum atomic E-state index is -4.46. The average Bonchev–Trinajstić information content (AvgIpc) is 3.19. The van der Waals surface area contributed by atoms with Gasteiger partial charge in [0.1, 0.15) is 5.75 Å². The first kappa shape index (κ1) is 20.4. The van der Waals surface area contributed by atoms with E-state index in [4.69, 9.17) is 9.26 Å². The van der Waals surface area contributed by atoms with Crippen LogP contribution in [-0.2, 0) is 23.9 Å². The number of amides is 1. The molecule has 0 atom stereocenters. The quantitative estimate of drug-likeness (QED) is 0.643. The normalized spacial score (nSPS) is 11.3. The van der Waals surface area contributed by atoms with Crippen molar-refractivity contribution in [1.82, 2.24) is 15.5 Å². The summed E-state index contributed by atoms with van der Waals surface area (Å²) in [6.45, 7) is 0.308. The summed E-state index contributed by atoms with van der Waals surface area (Å²) in [6, 6.07) is 12.0. The van der Waals surface area contributed by atoms with Gasteiger partial charge in [0.2, 0.25) is 17.6 Å². The van der Waals surface area contributed by atoms with E-state index in [-0.39, 0.29) is 36.0 Å². The number of aromatic nitrogens is 2. The van der Waals surface area contributed by atoms with Crippen molar-refractivity contribution in [2.24, 2.45) is 0 Å². The Morgan fingerprint density at radius 1 is 1.17 bits per heavy atom. The molecule has 3 rings (SSSR count). The standard InChI is InChI=1S/C20H18F3N3O3/c1-28-16-8-3-2-5-14(16)12-24-17(27)9-10-18-25-19(26-29-18)13-6-4-7-15(11-13)20(21,22)23/h2-8,11H,9-10,12H2,1H3,(H,24,27). The number of carbonyl (C=O) groups excluding carboxylic acids is 1. The number of nitrogens with one attached hydrogen (secondary N) is 1. The number of benzene rings is 2. The Morgan fingerprint density at radius 2 is 1.97 bits per heavy atom. The van der Waals surface area contributed by atoms with Gasteiger partial charge in [-0.2, -0.15) is 18.2 Å². The molecule has 0 bridgehead atoms. The van der Waals surface area contributed by atoms with Crippen molar-refractivity contribution in [3.05, 3.63) is 65.5 Å². The molecule has 1 N–H and O–H groups in total. The number of hydrogen-bond donors (Lipinski definition) is 1. The zero-order valence-electron chi connectivity index (χ0n) is 15.5. The van der Waals surface area contributed by atoms with Gasteiger partial charge in [0.05, 0.1) is 12.7 Å². The van der Waals surface area contributed by atoms with Crippen LogP contribution in [0.25, 0.3) is 11.4 Å². The molecule has 1 heterocycles. The largest absolute Gasteiger partial charge is 0.496 e. The third-order valence-electron chi connectivity index (χ3n) is 4.15. The fourth-order valence-electron chi connectivity index (χ4n) is 2.66. The highest BCUT2D eigenvalue weighted by Crippen LogP contribution is 2.31. The van der Waals surface area contributed by atoms with Crippen molar-refractivity contribution < 1.29 is 27.2 Å². The topological polar surface area (TPSA) is 77.2 Å². The molecule has 0 aliphatic heterocycles. The predicted octanol–water partition coefficient (Wildman–Crippen LogP) is 4.01. The van der Waals surface area contributed by atoms with E-state index in [1.54, 1.807) is 13.2 Å². The summed E-state index contributed by atoms with van der Waals surface area (Å²) in [4.78, 5) is 16.1. The maximum Gasteiger partial charge on any atom is 0.416 e. The molecular formula is C20H18F3N3O3. The Labute approximate surface area is 164 Å². The van der Waals surface area contributed by atoms with Gasteiger partial charge in [-0.15, -0.1) is 0 Å². The van der Waals surface area contributed by atoms with E-state index in [2.05, 4.69) is 15.5 Å². The lowest BCUT2D eigenvalue weighted by molar-refractivity contribution is -0.137. The van der Waals surface area contributed by atoms with Crippen LogP contribution in [0, 0.1) is 0 Å². The minimum Gasteiger partial charge on any atom is -0.496 e. The summed E-state index contributed by atoms with van der Waals surface area (Å²) < 4.78 is 48.8. The SMILES string of the molecule is COc1ccccc1CNC(=O)CCc1nc(-c2cccc(C(F)(F)F)c2)no1. The number of nitrogens with zero attached hydrogens (tertiary/aromatic N) is 2. The lowest BCUT2D eigenvalue weighted by Crippen LogP contribution is -2.23. The number of hydrogen-bond acceptors (Lipinski definition) is 5. The fraction of sp³-hybridized carbons (Fsp3) is 0.250. The van der Waals surface area contributed by atoms with E-state index in [9.17, 15) is 18.0 Å². The summed E-state index contributed by atoms with van der Waals surface area (Å²) in [5.41, 5.74) is 0.237. The van der Waals surface area contributed by atoms with Gasteiger partial charge in [0.15, 0.2) is 0 Å². The van der Waals surface area contributed by atoms with E-state index in [0.29, 0.717) is 12.3 Å². The predicted molar refractivity (Wildman–Crippen MR) is 97.9 cm³/mol. The number of ether oxygens (including phenoxy) is 1.